The van der Waals surface area contributed by atoms with Crippen LogP contribution in [0.25, 0.3) is 88.9 Å². The van der Waals surface area contributed by atoms with Crippen molar-refractivity contribution in [3.8, 4) is 45.3 Å². The number of aromatic nitrogens is 4. The number of fused-ring (bicyclic) bond motifs is 10. The Kier molecular flexibility index (Phi) is 8.05. The van der Waals surface area contributed by atoms with Crippen molar-refractivity contribution in [3.05, 3.63) is 231 Å². The quantitative estimate of drug-likeness (QED) is 0.156. The predicted octanol–water partition coefficient (Wildman–Crippen LogP) is 11.4. The molecule has 0 fully saturated rings. The van der Waals surface area contributed by atoms with Crippen LogP contribution < -0.4 is 17.6 Å². The van der Waals surface area contributed by atoms with Crippen molar-refractivity contribution >= 4 is 74.5 Å². The Balaban J connectivity index is 1.15. The average molecular weight is 864 g/mol. The fourth-order valence-electron chi connectivity index (χ4n) is 10.7. The fourth-order valence-corrected chi connectivity index (χ4v) is 21.7. The first-order valence-corrected chi connectivity index (χ1v) is 25.8. The molecule has 4 heterocycles. The molecule has 0 N–H and O–H groups in total. The van der Waals surface area contributed by atoms with Gasteiger partial charge >= 0.3 is 333 Å². The number of hydrogen-bond acceptors (Lipinski definition) is 2. The van der Waals surface area contributed by atoms with Gasteiger partial charge in [-0.25, -0.2) is 0 Å². The Labute approximate surface area is 367 Å². The third kappa shape index (κ3) is 5.16. The van der Waals surface area contributed by atoms with Gasteiger partial charge in [-0.3, -0.25) is 0 Å². The Morgan fingerprint density at radius 1 is 0.365 bits per heavy atom. The van der Waals surface area contributed by atoms with Crippen molar-refractivity contribution in [2.75, 3.05) is 0 Å². The fraction of sp³-hybridized carbons (Fsp3) is 0. The SMILES string of the molecule is c1ccc(-c2nc(-c3ccccc3-n3c4ccccc4c4ccc5c(c6ccccc6n5-c5ccccc5)c43)nc3[c]2[Ge]([c]2ccccc2)([c]2ccccc2)[c]2ccccc2-3)cc1. The van der Waals surface area contributed by atoms with Crippen LogP contribution in [0.1, 0.15) is 0 Å². The average Bonchev–Trinajstić information content (AvgIpc) is 3.99. The first kappa shape index (κ1) is 35.9. The van der Waals surface area contributed by atoms with Gasteiger partial charge in [0.1, 0.15) is 0 Å². The van der Waals surface area contributed by atoms with E-state index < -0.39 is 13.3 Å². The molecule has 0 unspecified atom stereocenters. The van der Waals surface area contributed by atoms with Crippen molar-refractivity contribution in [1.82, 2.24) is 19.1 Å². The second-order valence-corrected chi connectivity index (χ2v) is 24.2. The number of para-hydroxylation sites is 4. The van der Waals surface area contributed by atoms with Crippen LogP contribution in [0.15, 0.2) is 231 Å². The van der Waals surface area contributed by atoms with Gasteiger partial charge in [0.05, 0.1) is 0 Å². The van der Waals surface area contributed by atoms with E-state index in [9.17, 15) is 0 Å². The van der Waals surface area contributed by atoms with E-state index in [0.717, 1.165) is 44.9 Å². The standard InChI is InChI=1S/C58H38GeN4/c1-5-21-39(22-6-1)55-54-56(45-30-13-17-33-48(45)59(54,40-23-7-2-8-24-40)41-25-9-3-10-26-41)61-58(60-55)47-32-16-20-36-51(47)63-49-34-18-14-29-43(49)44-37-38-52-53(57(44)63)46-31-15-19-35-50(46)62(52)42-27-11-4-12-28-42/h1-38H. The number of nitrogens with zero attached hydrogens (tertiary/aromatic N) is 4. The number of rotatable bonds is 6. The molecule has 0 amide bonds. The summed E-state index contributed by atoms with van der Waals surface area (Å²) in [6, 6.07) is 83.9. The normalized spacial score (nSPS) is 12.9. The van der Waals surface area contributed by atoms with Crippen molar-refractivity contribution in [1.29, 1.82) is 0 Å². The summed E-state index contributed by atoms with van der Waals surface area (Å²) in [4.78, 5) is 11.6. The summed E-state index contributed by atoms with van der Waals surface area (Å²) in [5.74, 6) is 0.710. The second-order valence-electron chi connectivity index (χ2n) is 16.4. The summed E-state index contributed by atoms with van der Waals surface area (Å²) in [7, 11) is 0. The molecule has 0 saturated carbocycles. The van der Waals surface area contributed by atoms with E-state index in [1.807, 2.05) is 0 Å². The molecule has 0 spiro atoms. The van der Waals surface area contributed by atoms with Gasteiger partial charge < -0.3 is 0 Å². The van der Waals surface area contributed by atoms with Crippen molar-refractivity contribution in [2.45, 2.75) is 0 Å². The van der Waals surface area contributed by atoms with E-state index in [1.54, 1.807) is 0 Å². The maximum atomic E-state index is 5.82. The molecule has 1 aliphatic rings. The molecule has 9 aromatic carbocycles. The summed E-state index contributed by atoms with van der Waals surface area (Å²) in [6.07, 6.45) is 0. The second kappa shape index (κ2) is 14.1. The Morgan fingerprint density at radius 3 is 1.62 bits per heavy atom. The Morgan fingerprint density at radius 2 is 0.905 bits per heavy atom. The van der Waals surface area contributed by atoms with Gasteiger partial charge in [0.25, 0.3) is 0 Å². The topological polar surface area (TPSA) is 35.6 Å². The molecule has 0 saturated heterocycles. The van der Waals surface area contributed by atoms with E-state index in [-0.39, 0.29) is 0 Å². The minimum absolute atomic E-state index is 0.710. The van der Waals surface area contributed by atoms with Crippen LogP contribution >= 0.6 is 0 Å². The predicted molar refractivity (Wildman–Crippen MR) is 264 cm³/mol. The summed E-state index contributed by atoms with van der Waals surface area (Å²) in [6.45, 7) is 0. The summed E-state index contributed by atoms with van der Waals surface area (Å²) >= 11 is -3.72. The van der Waals surface area contributed by atoms with Crippen LogP contribution in [0.4, 0.5) is 0 Å². The monoisotopic (exact) mass is 864 g/mol. The van der Waals surface area contributed by atoms with Crippen LogP contribution in [0.3, 0.4) is 0 Å². The molecule has 13 rings (SSSR count). The molecule has 12 aromatic rings. The van der Waals surface area contributed by atoms with Crippen molar-refractivity contribution in [2.24, 2.45) is 0 Å². The van der Waals surface area contributed by atoms with Gasteiger partial charge in [-0.2, -0.15) is 0 Å². The van der Waals surface area contributed by atoms with Gasteiger partial charge in [0.2, 0.25) is 0 Å². The molecule has 0 radical (unpaired) electrons. The summed E-state index contributed by atoms with van der Waals surface area (Å²) in [5, 5.41) is 4.85. The number of benzene rings is 9. The Bertz CT molecular complexity index is 3690. The molecule has 0 atom stereocenters. The molecule has 4 nitrogen and oxygen atoms in total. The zero-order valence-electron chi connectivity index (χ0n) is 34.2. The van der Waals surface area contributed by atoms with Gasteiger partial charge in [0, 0.05) is 0 Å². The molecule has 0 bridgehead atoms. The molecule has 294 valence electrons. The first-order chi connectivity index (χ1) is 31.3. The zero-order valence-corrected chi connectivity index (χ0v) is 36.3. The Hall–Kier alpha value is -7.80. The van der Waals surface area contributed by atoms with Crippen LogP contribution in [0.2, 0.25) is 0 Å². The third-order valence-corrected chi connectivity index (χ3v) is 23.4. The van der Waals surface area contributed by atoms with Crippen LogP contribution in [-0.2, 0) is 0 Å². The number of hydrogen-bond donors (Lipinski definition) is 0. The van der Waals surface area contributed by atoms with Crippen molar-refractivity contribution in [3.63, 3.8) is 0 Å². The molecular formula is C58H38GeN4. The van der Waals surface area contributed by atoms with Gasteiger partial charge in [-0.15, -0.1) is 0 Å². The summed E-state index contributed by atoms with van der Waals surface area (Å²) in [5.41, 5.74) is 12.1. The molecular weight excluding hydrogens is 825 g/mol. The zero-order chi connectivity index (χ0) is 41.5. The third-order valence-electron chi connectivity index (χ3n) is 13.2. The maximum absolute atomic E-state index is 5.82. The summed E-state index contributed by atoms with van der Waals surface area (Å²) < 4.78 is 10.3. The van der Waals surface area contributed by atoms with Crippen LogP contribution in [0, 0.1) is 0 Å². The van der Waals surface area contributed by atoms with E-state index in [2.05, 4.69) is 240 Å². The first-order valence-electron chi connectivity index (χ1n) is 21.6. The molecule has 3 aromatic heterocycles. The van der Waals surface area contributed by atoms with E-state index in [4.69, 9.17) is 9.97 Å². The van der Waals surface area contributed by atoms with Crippen molar-refractivity contribution < 1.29 is 0 Å². The van der Waals surface area contributed by atoms with E-state index >= 15 is 0 Å². The molecule has 1 aliphatic heterocycles. The van der Waals surface area contributed by atoms with E-state index in [1.165, 1.54) is 55.7 Å². The molecule has 0 aliphatic carbocycles. The van der Waals surface area contributed by atoms with E-state index in [0.29, 0.717) is 5.82 Å². The van der Waals surface area contributed by atoms with Crippen LogP contribution in [0.5, 0.6) is 0 Å². The van der Waals surface area contributed by atoms with Gasteiger partial charge in [0.15, 0.2) is 0 Å². The van der Waals surface area contributed by atoms with Gasteiger partial charge in [-0.1, -0.05) is 24.3 Å². The van der Waals surface area contributed by atoms with Gasteiger partial charge in [-0.05, 0) is 12.1 Å². The molecule has 5 heteroatoms. The molecule has 63 heavy (non-hydrogen) atoms. The minimum atomic E-state index is -3.72. The van der Waals surface area contributed by atoms with Crippen LogP contribution in [-0.4, -0.2) is 32.4 Å².